The number of nitrogens with one attached hydrogen (secondary N) is 6. The van der Waals surface area contributed by atoms with E-state index in [1.54, 1.807) is 0 Å². The fraction of sp³-hybridized carbons (Fsp3) is 0.775. The van der Waals surface area contributed by atoms with E-state index in [0.717, 1.165) is 32.1 Å². The summed E-state index contributed by atoms with van der Waals surface area (Å²) < 4.78 is 0. The number of hydrogen-bond acceptors (Lipinski definition) is 11. The molecule has 13 N–H and O–H groups in total. The highest BCUT2D eigenvalue weighted by Crippen LogP contribution is 2.27. The summed E-state index contributed by atoms with van der Waals surface area (Å²) in [4.78, 5) is 111. The number of primary amides is 1. The van der Waals surface area contributed by atoms with Crippen molar-refractivity contribution in [1.82, 2.24) is 36.8 Å². The molecule has 1 heterocycles. The average Bonchev–Trinajstić information content (AvgIpc) is 3.21. The van der Waals surface area contributed by atoms with Gasteiger partial charge in [-0.3, -0.25) is 43.3 Å². The Morgan fingerprint density at radius 3 is 1.92 bits per heavy atom. The molecule has 1 saturated heterocycles. The van der Waals surface area contributed by atoms with Crippen molar-refractivity contribution < 1.29 is 43.5 Å². The number of carbonyl (C=O) groups excluding carboxylic acids is 8. The molecule has 2 fully saturated rings. The number of amides is 8. The summed E-state index contributed by atoms with van der Waals surface area (Å²) in [5.41, 5.74) is 16.4. The number of guanidine groups is 1. The van der Waals surface area contributed by atoms with Crippen LogP contribution in [0.4, 0.5) is 0 Å². The summed E-state index contributed by atoms with van der Waals surface area (Å²) in [6, 6.07) is -7.73. The number of thioether (sulfide) groups is 1. The lowest BCUT2D eigenvalue weighted by Crippen LogP contribution is -2.62. The second-order valence-corrected chi connectivity index (χ2v) is 17.4. The number of nitrogens with two attached hydrogens (primary N) is 3. The Bertz CT molecular complexity index is 1520. The quantitative estimate of drug-likeness (QED) is 0.0288. The second-order valence-electron chi connectivity index (χ2n) is 16.5. The predicted molar refractivity (Wildman–Crippen MR) is 232 cm³/mol. The van der Waals surface area contributed by atoms with Gasteiger partial charge in [0.2, 0.25) is 47.3 Å². The monoisotopic (exact) mass is 882 g/mol. The van der Waals surface area contributed by atoms with E-state index in [9.17, 15) is 43.5 Å². The van der Waals surface area contributed by atoms with Crippen molar-refractivity contribution in [3.63, 3.8) is 0 Å². The lowest BCUT2D eigenvalue weighted by atomic mass is 9.84. The van der Waals surface area contributed by atoms with Gasteiger partial charge in [-0.1, -0.05) is 46.0 Å². The number of aliphatic imine (C=N–C) groups is 1. The molecular weight excluding hydrogens is 811 g/mol. The van der Waals surface area contributed by atoms with Gasteiger partial charge in [-0.15, -0.1) is 0 Å². The Labute approximate surface area is 363 Å². The van der Waals surface area contributed by atoms with Crippen LogP contribution in [0, 0.1) is 11.8 Å². The molecule has 0 aromatic heterocycles. The van der Waals surface area contributed by atoms with E-state index in [1.807, 2.05) is 20.1 Å². The smallest absolute Gasteiger partial charge is 0.245 e. The number of carbonyl (C=O) groups is 8. The predicted octanol–water partition coefficient (Wildman–Crippen LogP) is -1.38. The SMILES string of the molecule is CSCC[C@H](NC(=O)[C@H](C)NC(=O)[C@H](CCCN=C(N)N)NC(=O)[C@H](CC1CCCCC1)NC(C)=O)C(=O)N1CCCCC1C(=O)N[C@@H](CO)C(=O)N[C@@H](CC(C)C)C(N)=O. The third-order valence-corrected chi connectivity index (χ3v) is 11.5. The van der Waals surface area contributed by atoms with E-state index in [0.29, 0.717) is 31.4 Å². The third-order valence-electron chi connectivity index (χ3n) is 10.8. The van der Waals surface area contributed by atoms with Crippen LogP contribution in [0.15, 0.2) is 4.99 Å². The Balaban J connectivity index is 2.21. The number of aliphatic hydroxyl groups excluding tert-OH is 1. The molecule has 0 aromatic rings. The first-order chi connectivity index (χ1) is 28.9. The maximum atomic E-state index is 14.2. The van der Waals surface area contributed by atoms with Crippen LogP contribution < -0.4 is 49.1 Å². The van der Waals surface area contributed by atoms with Crippen molar-refractivity contribution in [2.24, 2.45) is 34.0 Å². The summed E-state index contributed by atoms with van der Waals surface area (Å²) in [5, 5.41) is 25.9. The number of likely N-dealkylation sites (tertiary alicyclic amines) is 1. The molecule has 2 aliphatic rings. The first kappa shape index (κ1) is 52.5. The van der Waals surface area contributed by atoms with E-state index in [4.69, 9.17) is 17.2 Å². The Hall–Kier alpha value is -4.66. The molecule has 20 nitrogen and oxygen atoms in total. The van der Waals surface area contributed by atoms with Crippen LogP contribution in [0.5, 0.6) is 0 Å². The average molecular weight is 882 g/mol. The van der Waals surface area contributed by atoms with E-state index in [1.165, 1.54) is 30.5 Å². The van der Waals surface area contributed by atoms with Gasteiger partial charge in [0.05, 0.1) is 6.61 Å². The Kier molecular flexibility index (Phi) is 23.5. The fourth-order valence-electron chi connectivity index (χ4n) is 7.57. The van der Waals surface area contributed by atoms with Crippen LogP contribution in [0.2, 0.25) is 0 Å². The third kappa shape index (κ3) is 18.9. The van der Waals surface area contributed by atoms with Gasteiger partial charge in [0.15, 0.2) is 5.96 Å². The molecule has 61 heavy (non-hydrogen) atoms. The minimum absolute atomic E-state index is 0.0174. The van der Waals surface area contributed by atoms with Crippen LogP contribution in [0.3, 0.4) is 0 Å². The molecule has 0 radical (unpaired) electrons. The summed E-state index contributed by atoms with van der Waals surface area (Å²) in [5.74, 6) is -4.48. The van der Waals surface area contributed by atoms with Crippen molar-refractivity contribution in [3.8, 4) is 0 Å². The first-order valence-corrected chi connectivity index (χ1v) is 22.8. The molecule has 0 spiro atoms. The van der Waals surface area contributed by atoms with Crippen molar-refractivity contribution in [2.75, 3.05) is 31.7 Å². The number of rotatable bonds is 25. The molecule has 2 rings (SSSR count). The van der Waals surface area contributed by atoms with Gasteiger partial charge in [-0.2, -0.15) is 11.8 Å². The molecule has 346 valence electrons. The molecule has 21 heteroatoms. The largest absolute Gasteiger partial charge is 0.394 e. The molecule has 1 aliphatic carbocycles. The van der Waals surface area contributed by atoms with E-state index < -0.39 is 90.3 Å². The van der Waals surface area contributed by atoms with Gasteiger partial charge < -0.3 is 59.1 Å². The van der Waals surface area contributed by atoms with Gasteiger partial charge in [0.25, 0.3) is 0 Å². The molecular formula is C40H71N11O9S. The zero-order chi connectivity index (χ0) is 45.6. The van der Waals surface area contributed by atoms with Crippen LogP contribution in [0.25, 0.3) is 0 Å². The Morgan fingerprint density at radius 1 is 0.721 bits per heavy atom. The van der Waals surface area contributed by atoms with Crippen LogP contribution >= 0.6 is 11.8 Å². The standard InChI is InChI=1S/C40H71N11O9S/c1-23(2)20-29(33(41)54)49-37(58)31(22-52)50-38(59)32-15-9-10-18-51(32)39(60)28(16-19-61-5)48-34(55)24(3)45-35(56)27(14-11-17-44-40(42)43)47-36(57)30(46-25(4)53)21-26-12-7-6-8-13-26/h23-24,26-32,52H,6-22H2,1-5H3,(H2,41,54)(H,45,56)(H,46,53)(H,47,57)(H,48,55)(H,49,58)(H,50,59)(H4,42,43,44)/t24-,27-,28-,29-,30-,31-,32?/m0/s1. The van der Waals surface area contributed by atoms with Crippen molar-refractivity contribution in [3.05, 3.63) is 0 Å². The molecule has 0 aromatic carbocycles. The van der Waals surface area contributed by atoms with Gasteiger partial charge in [-0.05, 0) is 82.1 Å². The number of aliphatic hydroxyl groups is 1. The van der Waals surface area contributed by atoms with E-state index in [-0.39, 0.29) is 62.5 Å². The van der Waals surface area contributed by atoms with E-state index >= 15 is 0 Å². The van der Waals surface area contributed by atoms with E-state index in [2.05, 4.69) is 36.9 Å². The minimum Gasteiger partial charge on any atom is -0.394 e. The van der Waals surface area contributed by atoms with Gasteiger partial charge in [-0.25, -0.2) is 0 Å². The lowest BCUT2D eigenvalue weighted by molar-refractivity contribution is -0.146. The normalized spacial score (nSPS) is 18.5. The number of piperidine rings is 1. The Morgan fingerprint density at radius 2 is 1.33 bits per heavy atom. The van der Waals surface area contributed by atoms with Gasteiger partial charge in [0, 0.05) is 20.0 Å². The summed E-state index contributed by atoms with van der Waals surface area (Å²) in [7, 11) is 0. The highest BCUT2D eigenvalue weighted by molar-refractivity contribution is 7.98. The van der Waals surface area contributed by atoms with Crippen LogP contribution in [0.1, 0.15) is 111 Å². The van der Waals surface area contributed by atoms with Crippen molar-refractivity contribution in [2.45, 2.75) is 153 Å². The zero-order valence-corrected chi connectivity index (χ0v) is 37.3. The molecule has 1 saturated carbocycles. The highest BCUT2D eigenvalue weighted by atomic mass is 32.2. The fourth-order valence-corrected chi connectivity index (χ4v) is 8.04. The molecule has 0 bridgehead atoms. The molecule has 7 atom stereocenters. The molecule has 1 aliphatic heterocycles. The molecule has 8 amide bonds. The number of hydrogen-bond donors (Lipinski definition) is 10. The van der Waals surface area contributed by atoms with Gasteiger partial charge >= 0.3 is 0 Å². The van der Waals surface area contributed by atoms with Crippen LogP contribution in [-0.4, -0.2) is 137 Å². The lowest BCUT2D eigenvalue weighted by Gasteiger charge is -2.37. The zero-order valence-electron chi connectivity index (χ0n) is 36.5. The summed E-state index contributed by atoms with van der Waals surface area (Å²) in [6.45, 7) is 6.03. The minimum atomic E-state index is -1.43. The van der Waals surface area contributed by atoms with Crippen molar-refractivity contribution >= 4 is 65.0 Å². The maximum absolute atomic E-state index is 14.2. The van der Waals surface area contributed by atoms with Gasteiger partial charge in [0.1, 0.15) is 42.3 Å². The number of nitrogens with zero attached hydrogens (tertiary/aromatic N) is 2. The topological polar surface area (TPSA) is 323 Å². The van der Waals surface area contributed by atoms with Crippen LogP contribution in [-0.2, 0) is 38.4 Å². The first-order valence-electron chi connectivity index (χ1n) is 21.4. The molecule has 1 unspecified atom stereocenters. The summed E-state index contributed by atoms with van der Waals surface area (Å²) >= 11 is 1.44. The summed E-state index contributed by atoms with van der Waals surface area (Å²) in [6.07, 6.45) is 9.60. The maximum Gasteiger partial charge on any atom is 0.245 e. The van der Waals surface area contributed by atoms with Crippen molar-refractivity contribution in [1.29, 1.82) is 0 Å². The highest BCUT2D eigenvalue weighted by Gasteiger charge is 2.38. The second kappa shape index (κ2) is 27.3.